The zero-order valence-electron chi connectivity index (χ0n) is 16.4. The van der Waals surface area contributed by atoms with E-state index in [1.54, 1.807) is 23.3 Å². The Balaban J connectivity index is 1.59. The molecule has 27 heavy (non-hydrogen) atoms. The van der Waals surface area contributed by atoms with Gasteiger partial charge in [-0.2, -0.15) is 0 Å². The monoisotopic (exact) mass is 361 g/mol. The summed E-state index contributed by atoms with van der Waals surface area (Å²) in [5, 5.41) is 1.51. The van der Waals surface area contributed by atoms with Crippen LogP contribution in [0.2, 0.25) is 0 Å². The number of benzene rings is 2. The van der Waals surface area contributed by atoms with Crippen LogP contribution >= 0.6 is 0 Å². The van der Waals surface area contributed by atoms with Crippen molar-refractivity contribution in [2.24, 2.45) is 0 Å². The van der Waals surface area contributed by atoms with Crippen molar-refractivity contribution in [1.82, 2.24) is 4.57 Å². The molecule has 3 nitrogen and oxygen atoms in total. The molecule has 3 heteroatoms. The van der Waals surface area contributed by atoms with E-state index in [9.17, 15) is 0 Å². The molecule has 0 bridgehead atoms. The molecule has 3 aromatic rings. The van der Waals surface area contributed by atoms with Gasteiger partial charge in [-0.15, -0.1) is 0 Å². The fraction of sp³-hybridized carbons (Fsp3) is 0.417. The normalized spacial score (nSPS) is 21.7. The Hall–Kier alpha value is -2.26. The number of ether oxygens (including phenoxy) is 1. The van der Waals surface area contributed by atoms with Crippen LogP contribution in [-0.2, 0) is 19.5 Å². The van der Waals surface area contributed by atoms with Crippen molar-refractivity contribution in [2.45, 2.75) is 51.7 Å². The Kier molecular flexibility index (Phi) is 4.20. The molecule has 2 aromatic carbocycles. The Bertz CT molecular complexity index is 984. The lowest BCUT2D eigenvalue weighted by molar-refractivity contribution is -0.945. The molecule has 0 fully saturated rings. The maximum Gasteiger partial charge on any atom is 0.129 e. The zero-order chi connectivity index (χ0) is 18.4. The summed E-state index contributed by atoms with van der Waals surface area (Å²) in [7, 11) is 1.79. The molecule has 2 heterocycles. The molecule has 140 valence electrons. The van der Waals surface area contributed by atoms with Gasteiger partial charge in [0.05, 0.1) is 19.3 Å². The van der Waals surface area contributed by atoms with Gasteiger partial charge in [0, 0.05) is 35.9 Å². The second-order valence-corrected chi connectivity index (χ2v) is 8.23. The number of aromatic nitrogens is 1. The average molecular weight is 362 g/mol. The van der Waals surface area contributed by atoms with E-state index in [0.29, 0.717) is 6.04 Å². The number of quaternary nitrogens is 1. The summed E-state index contributed by atoms with van der Waals surface area (Å²) in [6.45, 7) is 5.65. The summed E-state index contributed by atoms with van der Waals surface area (Å²) in [5.41, 5.74) is 7.42. The van der Waals surface area contributed by atoms with Crippen molar-refractivity contribution >= 4 is 10.9 Å². The summed E-state index contributed by atoms with van der Waals surface area (Å²) >= 11 is 0. The molecule has 0 spiro atoms. The lowest BCUT2D eigenvalue weighted by Gasteiger charge is -2.31. The maximum absolute atomic E-state index is 5.64. The first-order chi connectivity index (χ1) is 13.3. The summed E-state index contributed by atoms with van der Waals surface area (Å²) < 4.78 is 8.29. The number of aryl methyl sites for hydroxylation is 3. The molecule has 5 rings (SSSR count). The third-order valence-electron chi connectivity index (χ3n) is 6.60. The molecule has 0 amide bonds. The van der Waals surface area contributed by atoms with E-state index in [1.165, 1.54) is 54.3 Å². The second kappa shape index (κ2) is 6.72. The standard InChI is InChI=1S/C24H28N2O/c1-17-11-12-21-20(15-17)19-8-5-9-22-24(19)26(21)14-6-13-25(22)16-18-7-3-4-10-23(18)27-2/h3-4,7,10-12,15,22H,5-6,8-9,13-14,16H2,1-2H3/p+1/t22-/m0/s1. The number of hydrogen-bond acceptors (Lipinski definition) is 1. The summed E-state index contributed by atoms with van der Waals surface area (Å²) in [4.78, 5) is 1.71. The van der Waals surface area contributed by atoms with E-state index in [1.807, 2.05) is 0 Å². The van der Waals surface area contributed by atoms with Crippen LogP contribution in [0, 0.1) is 6.92 Å². The molecule has 0 saturated heterocycles. The lowest BCUT2D eigenvalue weighted by Crippen LogP contribution is -3.11. The summed E-state index contributed by atoms with van der Waals surface area (Å²) in [5.74, 6) is 1.03. The van der Waals surface area contributed by atoms with Crippen molar-refractivity contribution in [3.05, 3.63) is 64.8 Å². The molecule has 0 radical (unpaired) electrons. The molecule has 1 aliphatic carbocycles. The highest BCUT2D eigenvalue weighted by atomic mass is 16.5. The fourth-order valence-electron chi connectivity index (χ4n) is 5.42. The number of nitrogens with one attached hydrogen (secondary N) is 1. The first-order valence-electron chi connectivity index (χ1n) is 10.3. The van der Waals surface area contributed by atoms with Gasteiger partial charge in [0.25, 0.3) is 0 Å². The second-order valence-electron chi connectivity index (χ2n) is 8.23. The highest BCUT2D eigenvalue weighted by Crippen LogP contribution is 2.37. The van der Waals surface area contributed by atoms with Gasteiger partial charge in [0.1, 0.15) is 18.3 Å². The van der Waals surface area contributed by atoms with Gasteiger partial charge in [0.2, 0.25) is 0 Å². The molecule has 0 saturated carbocycles. The summed E-state index contributed by atoms with van der Waals surface area (Å²) in [6.07, 6.45) is 5.08. The fourth-order valence-corrected chi connectivity index (χ4v) is 5.42. The number of fused-ring (bicyclic) bond motifs is 3. The Morgan fingerprint density at radius 1 is 1.15 bits per heavy atom. The predicted molar refractivity (Wildman–Crippen MR) is 109 cm³/mol. The largest absolute Gasteiger partial charge is 0.496 e. The molecule has 1 unspecified atom stereocenters. The Morgan fingerprint density at radius 2 is 2.04 bits per heavy atom. The van der Waals surface area contributed by atoms with Crippen molar-refractivity contribution in [3.8, 4) is 5.75 Å². The van der Waals surface area contributed by atoms with Crippen molar-refractivity contribution in [1.29, 1.82) is 0 Å². The summed E-state index contributed by atoms with van der Waals surface area (Å²) in [6, 6.07) is 16.2. The van der Waals surface area contributed by atoms with Gasteiger partial charge in [-0.05, 0) is 49.6 Å². The van der Waals surface area contributed by atoms with Crippen LogP contribution in [-0.4, -0.2) is 18.2 Å². The highest BCUT2D eigenvalue weighted by Gasteiger charge is 2.36. The van der Waals surface area contributed by atoms with Crippen molar-refractivity contribution in [2.75, 3.05) is 13.7 Å². The number of nitrogens with zero attached hydrogens (tertiary/aromatic N) is 1. The van der Waals surface area contributed by atoms with Crippen LogP contribution in [0.25, 0.3) is 10.9 Å². The van der Waals surface area contributed by atoms with E-state index < -0.39 is 0 Å². The van der Waals surface area contributed by atoms with Crippen LogP contribution in [0.3, 0.4) is 0 Å². The van der Waals surface area contributed by atoms with Crippen LogP contribution in [0.4, 0.5) is 0 Å². The molecule has 1 N–H and O–H groups in total. The van der Waals surface area contributed by atoms with Crippen molar-refractivity contribution in [3.63, 3.8) is 0 Å². The molecule has 1 aromatic heterocycles. The van der Waals surface area contributed by atoms with Gasteiger partial charge in [-0.25, -0.2) is 0 Å². The van der Waals surface area contributed by atoms with E-state index in [-0.39, 0.29) is 0 Å². The molecule has 1 aliphatic heterocycles. The number of para-hydroxylation sites is 1. The van der Waals surface area contributed by atoms with Gasteiger partial charge >= 0.3 is 0 Å². The highest BCUT2D eigenvalue weighted by molar-refractivity contribution is 5.86. The smallest absolute Gasteiger partial charge is 0.129 e. The lowest BCUT2D eigenvalue weighted by atomic mass is 9.90. The minimum absolute atomic E-state index is 0.605. The van der Waals surface area contributed by atoms with Gasteiger partial charge in [-0.3, -0.25) is 0 Å². The van der Waals surface area contributed by atoms with Gasteiger partial charge < -0.3 is 14.2 Å². The van der Waals surface area contributed by atoms with E-state index in [0.717, 1.165) is 18.8 Å². The maximum atomic E-state index is 5.64. The number of rotatable bonds is 3. The van der Waals surface area contributed by atoms with Crippen LogP contribution in [0.15, 0.2) is 42.5 Å². The van der Waals surface area contributed by atoms with E-state index in [2.05, 4.69) is 54.0 Å². The first kappa shape index (κ1) is 16.9. The quantitative estimate of drug-likeness (QED) is 0.751. The van der Waals surface area contributed by atoms with Crippen LogP contribution < -0.4 is 9.64 Å². The molecule has 2 aliphatic rings. The Labute approximate surface area is 161 Å². The minimum atomic E-state index is 0.605. The zero-order valence-corrected chi connectivity index (χ0v) is 16.4. The minimum Gasteiger partial charge on any atom is -0.496 e. The molecular formula is C24H29N2O+. The Morgan fingerprint density at radius 3 is 2.93 bits per heavy atom. The molecule has 2 atom stereocenters. The average Bonchev–Trinajstić information content (AvgIpc) is 2.88. The van der Waals surface area contributed by atoms with Gasteiger partial charge in [-0.1, -0.05) is 23.8 Å². The van der Waals surface area contributed by atoms with E-state index in [4.69, 9.17) is 4.74 Å². The third-order valence-corrected chi connectivity index (χ3v) is 6.60. The third kappa shape index (κ3) is 2.76. The van der Waals surface area contributed by atoms with Crippen molar-refractivity contribution < 1.29 is 9.64 Å². The first-order valence-corrected chi connectivity index (χ1v) is 10.3. The molecular weight excluding hydrogens is 332 g/mol. The predicted octanol–water partition coefficient (Wildman–Crippen LogP) is 3.82. The SMILES string of the molecule is COc1ccccc1C[NH+]1CCCn2c3c(c4cc(C)ccc42)CCC[C@@H]31. The topological polar surface area (TPSA) is 18.6 Å². The number of hydrogen-bond donors (Lipinski definition) is 1. The van der Waals surface area contributed by atoms with Crippen LogP contribution in [0.5, 0.6) is 5.75 Å². The number of methoxy groups -OCH3 is 1. The van der Waals surface area contributed by atoms with Gasteiger partial charge in [0.15, 0.2) is 0 Å². The van der Waals surface area contributed by atoms with E-state index >= 15 is 0 Å². The van der Waals surface area contributed by atoms with Crippen LogP contribution in [0.1, 0.15) is 47.7 Å².